The van der Waals surface area contributed by atoms with Gasteiger partial charge in [-0.25, -0.2) is 13.1 Å². The molecule has 1 rings (SSSR count). The highest BCUT2D eigenvalue weighted by atomic mass is 32.2. The van der Waals surface area contributed by atoms with E-state index in [1.807, 2.05) is 0 Å². The SMILES string of the molecule is CCS(=O)(=O)NCCn1ccsc1=O. The van der Waals surface area contributed by atoms with Crippen LogP contribution in [0.3, 0.4) is 0 Å². The Balaban J connectivity index is 2.44. The maximum Gasteiger partial charge on any atom is 0.307 e. The molecule has 14 heavy (non-hydrogen) atoms. The molecule has 0 fully saturated rings. The van der Waals surface area contributed by atoms with Gasteiger partial charge in [-0.1, -0.05) is 11.3 Å². The highest BCUT2D eigenvalue weighted by molar-refractivity contribution is 7.89. The maximum absolute atomic E-state index is 11.0. The molecule has 0 aliphatic heterocycles. The second kappa shape index (κ2) is 4.72. The van der Waals surface area contributed by atoms with Crippen LogP contribution in [0, 0.1) is 0 Å². The third-order valence-corrected chi connectivity index (χ3v) is 3.80. The van der Waals surface area contributed by atoms with Gasteiger partial charge in [-0.2, -0.15) is 0 Å². The Morgan fingerprint density at radius 3 is 2.79 bits per heavy atom. The fourth-order valence-electron chi connectivity index (χ4n) is 0.880. The minimum atomic E-state index is -3.15. The molecule has 1 heterocycles. The quantitative estimate of drug-likeness (QED) is 0.773. The van der Waals surface area contributed by atoms with Crippen molar-refractivity contribution in [1.82, 2.24) is 9.29 Å². The number of rotatable bonds is 5. The van der Waals surface area contributed by atoms with Crippen molar-refractivity contribution in [3.05, 3.63) is 21.2 Å². The normalized spacial score (nSPS) is 11.8. The van der Waals surface area contributed by atoms with E-state index in [0.717, 1.165) is 11.3 Å². The number of hydrogen-bond acceptors (Lipinski definition) is 4. The topological polar surface area (TPSA) is 68.2 Å². The van der Waals surface area contributed by atoms with Gasteiger partial charge in [0, 0.05) is 24.7 Å². The number of aromatic nitrogens is 1. The minimum Gasteiger partial charge on any atom is -0.305 e. The van der Waals surface area contributed by atoms with Crippen molar-refractivity contribution < 1.29 is 8.42 Å². The molecule has 1 aromatic rings. The summed E-state index contributed by atoms with van der Waals surface area (Å²) >= 11 is 1.10. The summed E-state index contributed by atoms with van der Waals surface area (Å²) in [5.74, 6) is 0.0610. The lowest BCUT2D eigenvalue weighted by atomic mass is 10.6. The second-order valence-corrected chi connectivity index (χ2v) is 5.61. The van der Waals surface area contributed by atoms with Crippen molar-refractivity contribution in [2.24, 2.45) is 0 Å². The third-order valence-electron chi connectivity index (χ3n) is 1.70. The molecule has 7 heteroatoms. The summed E-state index contributed by atoms with van der Waals surface area (Å²) < 4.78 is 25.9. The van der Waals surface area contributed by atoms with E-state index in [0.29, 0.717) is 6.54 Å². The van der Waals surface area contributed by atoms with Crippen LogP contribution in [0.5, 0.6) is 0 Å². The van der Waals surface area contributed by atoms with Crippen molar-refractivity contribution in [2.75, 3.05) is 12.3 Å². The van der Waals surface area contributed by atoms with Crippen molar-refractivity contribution in [2.45, 2.75) is 13.5 Å². The van der Waals surface area contributed by atoms with Gasteiger partial charge in [-0.15, -0.1) is 0 Å². The van der Waals surface area contributed by atoms with Gasteiger partial charge in [0.15, 0.2) is 0 Å². The first kappa shape index (κ1) is 11.4. The van der Waals surface area contributed by atoms with Crippen LogP contribution in [0.25, 0.3) is 0 Å². The predicted octanol–water partition coefficient (Wildman–Crippen LogP) is -0.151. The van der Waals surface area contributed by atoms with E-state index in [9.17, 15) is 13.2 Å². The molecular formula is C7H12N2O3S2. The van der Waals surface area contributed by atoms with Gasteiger partial charge in [0.2, 0.25) is 10.0 Å². The Hall–Kier alpha value is -0.660. The Bertz CT molecular complexity index is 432. The molecule has 0 spiro atoms. The molecule has 0 unspecified atom stereocenters. The Kier molecular flexibility index (Phi) is 3.85. The van der Waals surface area contributed by atoms with E-state index >= 15 is 0 Å². The summed E-state index contributed by atoms with van der Waals surface area (Å²) in [6.45, 7) is 2.20. The minimum absolute atomic E-state index is 0.0610. The number of thiazole rings is 1. The van der Waals surface area contributed by atoms with Crippen LogP contribution < -0.4 is 9.60 Å². The summed E-state index contributed by atoms with van der Waals surface area (Å²) in [6, 6.07) is 0. The first-order valence-electron chi connectivity index (χ1n) is 4.16. The monoisotopic (exact) mass is 236 g/mol. The summed E-state index contributed by atoms with van der Waals surface area (Å²) in [7, 11) is -3.15. The summed E-state index contributed by atoms with van der Waals surface area (Å²) in [4.78, 5) is 11.0. The smallest absolute Gasteiger partial charge is 0.305 e. The molecule has 0 aliphatic rings. The lowest BCUT2D eigenvalue weighted by molar-refractivity contribution is 0.573. The Labute approximate surface area is 86.4 Å². The molecule has 5 nitrogen and oxygen atoms in total. The number of sulfonamides is 1. The van der Waals surface area contributed by atoms with E-state index in [4.69, 9.17) is 0 Å². The van der Waals surface area contributed by atoms with Crippen molar-refractivity contribution in [3.63, 3.8) is 0 Å². The fraction of sp³-hybridized carbons (Fsp3) is 0.571. The van der Waals surface area contributed by atoms with Crippen molar-refractivity contribution in [1.29, 1.82) is 0 Å². The van der Waals surface area contributed by atoms with E-state index < -0.39 is 10.0 Å². The van der Waals surface area contributed by atoms with Gasteiger partial charge < -0.3 is 4.57 Å². The molecule has 80 valence electrons. The lowest BCUT2D eigenvalue weighted by Crippen LogP contribution is -2.30. The highest BCUT2D eigenvalue weighted by Crippen LogP contribution is 1.89. The maximum atomic E-state index is 11.0. The van der Waals surface area contributed by atoms with Crippen LogP contribution in [-0.4, -0.2) is 25.3 Å². The first-order chi connectivity index (χ1) is 6.55. The number of nitrogens with one attached hydrogen (secondary N) is 1. The highest BCUT2D eigenvalue weighted by Gasteiger charge is 2.05. The molecule has 0 amide bonds. The van der Waals surface area contributed by atoms with Crippen LogP contribution in [0.15, 0.2) is 16.4 Å². The lowest BCUT2D eigenvalue weighted by Gasteiger charge is -2.03. The largest absolute Gasteiger partial charge is 0.307 e. The van der Waals surface area contributed by atoms with E-state index in [1.54, 1.807) is 18.5 Å². The zero-order valence-electron chi connectivity index (χ0n) is 7.76. The molecule has 0 saturated carbocycles. The summed E-state index contributed by atoms with van der Waals surface area (Å²) in [5, 5.41) is 1.68. The average Bonchev–Trinajstić information content (AvgIpc) is 2.52. The van der Waals surface area contributed by atoms with Gasteiger partial charge >= 0.3 is 4.87 Å². The molecule has 1 N–H and O–H groups in total. The molecule has 0 aliphatic carbocycles. The molecule has 1 aromatic heterocycles. The van der Waals surface area contributed by atoms with Crippen molar-refractivity contribution in [3.8, 4) is 0 Å². The van der Waals surface area contributed by atoms with Crippen molar-refractivity contribution >= 4 is 21.4 Å². The number of hydrogen-bond donors (Lipinski definition) is 1. The van der Waals surface area contributed by atoms with Crippen LogP contribution >= 0.6 is 11.3 Å². The van der Waals surface area contributed by atoms with Gasteiger partial charge in [-0.3, -0.25) is 4.79 Å². The van der Waals surface area contributed by atoms with Crippen LogP contribution in [0.2, 0.25) is 0 Å². The zero-order valence-corrected chi connectivity index (χ0v) is 9.40. The molecule has 0 aromatic carbocycles. The first-order valence-corrected chi connectivity index (χ1v) is 6.69. The average molecular weight is 236 g/mol. The fourth-order valence-corrected chi connectivity index (χ4v) is 2.10. The molecule has 0 radical (unpaired) electrons. The van der Waals surface area contributed by atoms with Gasteiger partial charge in [0.05, 0.1) is 5.75 Å². The molecule has 0 bridgehead atoms. The molecular weight excluding hydrogens is 224 g/mol. The zero-order chi connectivity index (χ0) is 10.6. The Morgan fingerprint density at radius 1 is 1.57 bits per heavy atom. The standard InChI is InChI=1S/C7H12N2O3S2/c1-2-14(11,12)8-3-4-9-5-6-13-7(9)10/h5-6,8H,2-4H2,1H3. The summed E-state index contributed by atoms with van der Waals surface area (Å²) in [6.07, 6.45) is 1.65. The van der Waals surface area contributed by atoms with E-state index in [2.05, 4.69) is 4.72 Å². The van der Waals surface area contributed by atoms with Gasteiger partial charge in [-0.05, 0) is 6.92 Å². The van der Waals surface area contributed by atoms with Crippen LogP contribution in [0.4, 0.5) is 0 Å². The predicted molar refractivity (Wildman–Crippen MR) is 56.0 cm³/mol. The molecule has 0 saturated heterocycles. The van der Waals surface area contributed by atoms with Crippen LogP contribution in [0.1, 0.15) is 6.92 Å². The number of nitrogens with zero attached hydrogens (tertiary/aromatic N) is 1. The third kappa shape index (κ3) is 3.24. The second-order valence-electron chi connectivity index (χ2n) is 2.66. The summed E-state index contributed by atoms with van der Waals surface area (Å²) in [5.41, 5.74) is 0. The van der Waals surface area contributed by atoms with Crippen LogP contribution in [-0.2, 0) is 16.6 Å². The Morgan fingerprint density at radius 2 is 2.29 bits per heavy atom. The molecule has 0 atom stereocenters. The van der Waals surface area contributed by atoms with E-state index in [1.165, 1.54) is 4.57 Å². The van der Waals surface area contributed by atoms with Gasteiger partial charge in [0.25, 0.3) is 0 Å². The van der Waals surface area contributed by atoms with E-state index in [-0.39, 0.29) is 17.2 Å². The van der Waals surface area contributed by atoms with Gasteiger partial charge in [0.1, 0.15) is 0 Å².